The molecule has 0 aromatic carbocycles. The van der Waals surface area contributed by atoms with Crippen LogP contribution in [0.3, 0.4) is 0 Å². The lowest BCUT2D eigenvalue weighted by atomic mass is 9.78. The smallest absolute Gasteiger partial charge is 0.305 e. The maximum absolute atomic E-state index is 12.7. The van der Waals surface area contributed by atoms with Crippen molar-refractivity contribution < 1.29 is 14.7 Å². The number of carbonyl (C=O) groups is 2. The van der Waals surface area contributed by atoms with E-state index in [-0.39, 0.29) is 12.3 Å². The van der Waals surface area contributed by atoms with Crippen LogP contribution in [0.2, 0.25) is 0 Å². The van der Waals surface area contributed by atoms with Gasteiger partial charge in [-0.1, -0.05) is 19.3 Å². The van der Waals surface area contributed by atoms with E-state index in [0.717, 1.165) is 40.4 Å². The van der Waals surface area contributed by atoms with Gasteiger partial charge in [-0.15, -0.1) is 11.3 Å². The fourth-order valence-electron chi connectivity index (χ4n) is 2.95. The predicted octanol–water partition coefficient (Wildman–Crippen LogP) is 4.52. The van der Waals surface area contributed by atoms with Crippen molar-refractivity contribution >= 4 is 55.1 Å². The Morgan fingerprint density at radius 1 is 1.33 bits per heavy atom. The maximum atomic E-state index is 12.7. The van der Waals surface area contributed by atoms with Crippen molar-refractivity contribution in [2.24, 2.45) is 0 Å². The van der Waals surface area contributed by atoms with E-state index in [1.807, 2.05) is 0 Å². The van der Waals surface area contributed by atoms with Crippen LogP contribution >= 0.6 is 43.2 Å². The normalized spacial score (nSPS) is 17.5. The number of amides is 1. The van der Waals surface area contributed by atoms with Gasteiger partial charge in [-0.25, -0.2) is 0 Å². The fraction of sp³-hybridized carbons (Fsp3) is 0.571. The Balaban J connectivity index is 2.26. The van der Waals surface area contributed by atoms with Crippen molar-refractivity contribution in [3.05, 3.63) is 19.2 Å². The van der Waals surface area contributed by atoms with Crippen molar-refractivity contribution in [2.75, 3.05) is 7.05 Å². The summed E-state index contributed by atoms with van der Waals surface area (Å²) in [6.07, 6.45) is 4.60. The van der Waals surface area contributed by atoms with Gasteiger partial charge in [0, 0.05) is 11.5 Å². The van der Waals surface area contributed by atoms with E-state index in [1.165, 1.54) is 11.3 Å². The van der Waals surface area contributed by atoms with Crippen molar-refractivity contribution in [3.63, 3.8) is 0 Å². The number of hydrogen-bond acceptors (Lipinski definition) is 3. The standard InChI is InChI=1S/C14H17Br2NO3S/c1-17(13(20)10-7-9(15)12(16)21-10)14(8-11(18)19)5-3-2-4-6-14/h7H,2-6,8H2,1H3,(H,18,19). The zero-order valence-corrected chi connectivity index (χ0v) is 15.7. The average molecular weight is 439 g/mol. The van der Waals surface area contributed by atoms with Crippen LogP contribution in [0, 0.1) is 0 Å². The third-order valence-corrected chi connectivity index (χ3v) is 7.38. The van der Waals surface area contributed by atoms with E-state index in [9.17, 15) is 14.7 Å². The van der Waals surface area contributed by atoms with E-state index < -0.39 is 11.5 Å². The summed E-state index contributed by atoms with van der Waals surface area (Å²) >= 11 is 8.14. The SMILES string of the molecule is CN(C(=O)c1cc(Br)c(Br)s1)C1(CC(=O)O)CCCCC1. The Morgan fingerprint density at radius 3 is 2.43 bits per heavy atom. The quantitative estimate of drug-likeness (QED) is 0.751. The van der Waals surface area contributed by atoms with Gasteiger partial charge in [-0.2, -0.15) is 0 Å². The molecule has 1 aliphatic carbocycles. The third kappa shape index (κ3) is 3.68. The zero-order valence-electron chi connectivity index (χ0n) is 11.7. The van der Waals surface area contributed by atoms with Gasteiger partial charge in [0.05, 0.1) is 20.6 Å². The summed E-state index contributed by atoms with van der Waals surface area (Å²) in [5.41, 5.74) is -0.551. The minimum atomic E-state index is -0.843. The van der Waals surface area contributed by atoms with Crippen molar-refractivity contribution in [3.8, 4) is 0 Å². The van der Waals surface area contributed by atoms with Gasteiger partial charge in [0.15, 0.2) is 0 Å². The molecule has 0 unspecified atom stereocenters. The molecule has 0 radical (unpaired) electrons. The highest BCUT2D eigenvalue weighted by Crippen LogP contribution is 2.39. The number of thiophene rings is 1. The van der Waals surface area contributed by atoms with E-state index in [2.05, 4.69) is 31.9 Å². The lowest BCUT2D eigenvalue weighted by Gasteiger charge is -2.43. The van der Waals surface area contributed by atoms with Crippen LogP contribution in [0.15, 0.2) is 14.3 Å². The largest absolute Gasteiger partial charge is 0.481 e. The Hall–Kier alpha value is -0.400. The van der Waals surface area contributed by atoms with E-state index in [0.29, 0.717) is 4.88 Å². The molecule has 21 heavy (non-hydrogen) atoms. The molecule has 1 heterocycles. The lowest BCUT2D eigenvalue weighted by molar-refractivity contribution is -0.140. The molecule has 0 saturated heterocycles. The molecule has 116 valence electrons. The number of carboxylic acid groups (broad SMARTS) is 1. The lowest BCUT2D eigenvalue weighted by Crippen LogP contribution is -2.51. The molecule has 1 aliphatic rings. The van der Waals surface area contributed by atoms with Gasteiger partial charge in [0.1, 0.15) is 0 Å². The Bertz CT molecular complexity index is 533. The Kier molecular flexibility index (Phi) is 5.48. The van der Waals surface area contributed by atoms with Gasteiger partial charge in [0.25, 0.3) is 5.91 Å². The first-order valence-electron chi connectivity index (χ1n) is 6.80. The summed E-state index contributed by atoms with van der Waals surface area (Å²) in [5, 5.41) is 9.23. The number of carboxylic acids is 1. The van der Waals surface area contributed by atoms with Crippen LogP contribution in [0.5, 0.6) is 0 Å². The summed E-state index contributed by atoms with van der Waals surface area (Å²) in [4.78, 5) is 26.2. The first-order chi connectivity index (χ1) is 9.85. The predicted molar refractivity (Wildman–Crippen MR) is 89.9 cm³/mol. The third-order valence-electron chi connectivity index (χ3n) is 4.14. The molecular formula is C14H17Br2NO3S. The Labute approximate surface area is 144 Å². The maximum Gasteiger partial charge on any atom is 0.305 e. The first-order valence-corrected chi connectivity index (χ1v) is 9.21. The van der Waals surface area contributed by atoms with Crippen molar-refractivity contribution in [2.45, 2.75) is 44.1 Å². The number of hydrogen-bond donors (Lipinski definition) is 1. The second kappa shape index (κ2) is 6.79. The van der Waals surface area contributed by atoms with Crippen LogP contribution in [-0.2, 0) is 4.79 Å². The molecule has 1 aromatic heterocycles. The number of aliphatic carboxylic acids is 1. The van der Waals surface area contributed by atoms with Gasteiger partial charge in [-0.3, -0.25) is 9.59 Å². The number of nitrogens with zero attached hydrogens (tertiary/aromatic N) is 1. The van der Waals surface area contributed by atoms with Crippen LogP contribution in [0.1, 0.15) is 48.2 Å². The molecule has 7 heteroatoms. The highest BCUT2D eigenvalue weighted by Gasteiger charge is 2.41. The highest BCUT2D eigenvalue weighted by molar-refractivity contribution is 9.13. The van der Waals surface area contributed by atoms with Crippen LogP contribution in [0.25, 0.3) is 0 Å². The van der Waals surface area contributed by atoms with Gasteiger partial charge < -0.3 is 10.0 Å². The van der Waals surface area contributed by atoms with Gasteiger partial charge in [-0.05, 0) is 50.8 Å². The fourth-order valence-corrected chi connectivity index (χ4v) is 4.97. The van der Waals surface area contributed by atoms with E-state index in [4.69, 9.17) is 0 Å². The monoisotopic (exact) mass is 437 g/mol. The molecule has 0 bridgehead atoms. The minimum absolute atomic E-state index is 0.0168. The molecule has 1 N–H and O–H groups in total. The van der Waals surface area contributed by atoms with Gasteiger partial charge in [0.2, 0.25) is 0 Å². The molecule has 0 atom stereocenters. The average Bonchev–Trinajstić information content (AvgIpc) is 2.77. The number of rotatable bonds is 4. The molecule has 4 nitrogen and oxygen atoms in total. The summed E-state index contributed by atoms with van der Waals surface area (Å²) in [6.45, 7) is 0. The molecule has 1 aromatic rings. The molecular weight excluding hydrogens is 422 g/mol. The van der Waals surface area contributed by atoms with Crippen molar-refractivity contribution in [1.29, 1.82) is 0 Å². The van der Waals surface area contributed by atoms with Crippen LogP contribution in [0.4, 0.5) is 0 Å². The summed E-state index contributed by atoms with van der Waals surface area (Å²) in [7, 11) is 1.73. The van der Waals surface area contributed by atoms with Crippen molar-refractivity contribution in [1.82, 2.24) is 4.90 Å². The molecule has 0 spiro atoms. The first kappa shape index (κ1) is 17.0. The Morgan fingerprint density at radius 2 is 1.95 bits per heavy atom. The molecule has 2 rings (SSSR count). The number of carbonyl (C=O) groups excluding carboxylic acids is 1. The van der Waals surface area contributed by atoms with Gasteiger partial charge >= 0.3 is 5.97 Å². The molecule has 1 fully saturated rings. The summed E-state index contributed by atoms with van der Waals surface area (Å²) < 4.78 is 1.72. The molecule has 1 amide bonds. The van der Waals surface area contributed by atoms with E-state index >= 15 is 0 Å². The second-order valence-electron chi connectivity index (χ2n) is 5.45. The number of halogens is 2. The highest BCUT2D eigenvalue weighted by atomic mass is 79.9. The van der Waals surface area contributed by atoms with Crippen LogP contribution < -0.4 is 0 Å². The van der Waals surface area contributed by atoms with E-state index in [1.54, 1.807) is 18.0 Å². The summed E-state index contributed by atoms with van der Waals surface area (Å²) in [5.74, 6) is -0.945. The van der Waals surface area contributed by atoms with Crippen LogP contribution in [-0.4, -0.2) is 34.5 Å². The molecule has 0 aliphatic heterocycles. The second-order valence-corrected chi connectivity index (χ2v) is 8.68. The topological polar surface area (TPSA) is 57.6 Å². The molecule has 1 saturated carbocycles. The minimum Gasteiger partial charge on any atom is -0.481 e. The zero-order chi connectivity index (χ0) is 15.6. The summed E-state index contributed by atoms with van der Waals surface area (Å²) in [6, 6.07) is 1.78.